The van der Waals surface area contributed by atoms with Crippen molar-refractivity contribution >= 4 is 12.1 Å². The summed E-state index contributed by atoms with van der Waals surface area (Å²) in [6.07, 6.45) is -1.10. The molecule has 0 saturated carbocycles. The molecule has 27 heavy (non-hydrogen) atoms. The van der Waals surface area contributed by atoms with Gasteiger partial charge in [-0.05, 0) is 27.8 Å². The second-order valence-electron chi connectivity index (χ2n) is 6.18. The van der Waals surface area contributed by atoms with Crippen LogP contribution in [0.4, 0.5) is 4.79 Å². The van der Waals surface area contributed by atoms with Crippen molar-refractivity contribution in [3.63, 3.8) is 0 Å². The van der Waals surface area contributed by atoms with E-state index in [1.165, 1.54) is 0 Å². The number of aliphatic carboxylic acids is 1. The molecule has 8 heteroatoms. The van der Waals surface area contributed by atoms with Crippen molar-refractivity contribution in [2.24, 2.45) is 5.11 Å². The number of nitrogens with one attached hydrogen (secondary N) is 1. The summed E-state index contributed by atoms with van der Waals surface area (Å²) >= 11 is 0. The van der Waals surface area contributed by atoms with Gasteiger partial charge in [-0.1, -0.05) is 53.6 Å². The maximum Gasteiger partial charge on any atom is 0.407 e. The van der Waals surface area contributed by atoms with Crippen LogP contribution in [-0.2, 0) is 9.53 Å². The maximum absolute atomic E-state index is 12.1. The topological polar surface area (TPSA) is 124 Å². The van der Waals surface area contributed by atoms with Gasteiger partial charge < -0.3 is 15.2 Å². The summed E-state index contributed by atoms with van der Waals surface area (Å²) in [5.41, 5.74) is 12.8. The first-order valence-corrected chi connectivity index (χ1v) is 8.44. The Morgan fingerprint density at radius 3 is 2.30 bits per heavy atom. The highest BCUT2D eigenvalue weighted by Crippen LogP contribution is 2.44. The number of benzene rings is 2. The molecule has 0 spiro atoms. The van der Waals surface area contributed by atoms with Gasteiger partial charge in [-0.3, -0.25) is 4.79 Å². The summed E-state index contributed by atoms with van der Waals surface area (Å²) in [6, 6.07) is 15.1. The van der Waals surface area contributed by atoms with Gasteiger partial charge >= 0.3 is 12.1 Å². The second-order valence-corrected chi connectivity index (χ2v) is 6.18. The fraction of sp³-hybridized carbons (Fsp3) is 0.263. The van der Waals surface area contributed by atoms with E-state index >= 15 is 0 Å². The average molecular weight is 366 g/mol. The Labute approximate surface area is 155 Å². The van der Waals surface area contributed by atoms with Gasteiger partial charge in [0.25, 0.3) is 0 Å². The van der Waals surface area contributed by atoms with Crippen molar-refractivity contribution in [2.45, 2.75) is 18.4 Å². The van der Waals surface area contributed by atoms with Crippen LogP contribution in [0.15, 0.2) is 53.6 Å². The van der Waals surface area contributed by atoms with Gasteiger partial charge in [0.1, 0.15) is 6.61 Å². The highest BCUT2D eigenvalue weighted by atomic mass is 16.5. The monoisotopic (exact) mass is 366 g/mol. The lowest BCUT2D eigenvalue weighted by Gasteiger charge is -2.17. The smallest absolute Gasteiger partial charge is 0.407 e. The van der Waals surface area contributed by atoms with Gasteiger partial charge in [0.2, 0.25) is 0 Å². The predicted molar refractivity (Wildman–Crippen MR) is 98.3 cm³/mol. The van der Waals surface area contributed by atoms with E-state index in [0.29, 0.717) is 0 Å². The molecule has 2 aromatic carbocycles. The van der Waals surface area contributed by atoms with Crippen LogP contribution in [0.5, 0.6) is 0 Å². The van der Waals surface area contributed by atoms with Crippen LogP contribution >= 0.6 is 0 Å². The molecule has 0 bridgehead atoms. The lowest BCUT2D eigenvalue weighted by atomic mass is 9.98. The quantitative estimate of drug-likeness (QED) is 0.440. The number of hydrogen-bond acceptors (Lipinski definition) is 4. The molecule has 1 amide bonds. The van der Waals surface area contributed by atoms with E-state index in [-0.39, 0.29) is 25.5 Å². The zero-order valence-corrected chi connectivity index (χ0v) is 14.4. The zero-order chi connectivity index (χ0) is 19.2. The Hall–Kier alpha value is -3.51. The predicted octanol–water partition coefficient (Wildman–Crippen LogP) is 3.68. The molecule has 0 radical (unpaired) electrons. The van der Waals surface area contributed by atoms with Crippen LogP contribution in [0.25, 0.3) is 21.6 Å². The van der Waals surface area contributed by atoms with Gasteiger partial charge in [0, 0.05) is 23.4 Å². The van der Waals surface area contributed by atoms with Crippen LogP contribution in [0.2, 0.25) is 0 Å². The molecule has 0 unspecified atom stereocenters. The van der Waals surface area contributed by atoms with E-state index in [0.717, 1.165) is 22.3 Å². The van der Waals surface area contributed by atoms with Crippen molar-refractivity contribution in [3.8, 4) is 11.1 Å². The molecule has 138 valence electrons. The van der Waals surface area contributed by atoms with E-state index < -0.39 is 18.1 Å². The molecule has 1 atom stereocenters. The SMILES string of the molecule is [N-]=[N+]=NC[C@@H](CC(=O)O)NC(=O)OCC1c2ccccc2-c2ccccc21. The van der Waals surface area contributed by atoms with Gasteiger partial charge in [0.05, 0.1) is 6.42 Å². The van der Waals surface area contributed by atoms with Gasteiger partial charge in [-0.15, -0.1) is 0 Å². The fourth-order valence-electron chi connectivity index (χ4n) is 3.31. The number of amides is 1. The van der Waals surface area contributed by atoms with Gasteiger partial charge in [-0.25, -0.2) is 4.79 Å². The molecule has 8 nitrogen and oxygen atoms in total. The minimum absolute atomic E-state index is 0.0850. The lowest BCUT2D eigenvalue weighted by molar-refractivity contribution is -0.137. The molecule has 1 aliphatic rings. The number of rotatable bonds is 7. The Morgan fingerprint density at radius 2 is 1.74 bits per heavy atom. The molecule has 2 N–H and O–H groups in total. The van der Waals surface area contributed by atoms with Crippen LogP contribution in [-0.4, -0.2) is 36.4 Å². The second kappa shape index (κ2) is 8.25. The van der Waals surface area contributed by atoms with Crippen LogP contribution < -0.4 is 5.32 Å². The number of azide groups is 1. The molecule has 0 saturated heterocycles. The third kappa shape index (κ3) is 4.19. The largest absolute Gasteiger partial charge is 0.481 e. The van der Waals surface area contributed by atoms with Gasteiger partial charge in [0.15, 0.2) is 0 Å². The molecule has 0 fully saturated rings. The number of nitrogens with zero attached hydrogens (tertiary/aromatic N) is 3. The first kappa shape index (κ1) is 18.3. The number of carboxylic acids is 1. The van der Waals surface area contributed by atoms with Crippen LogP contribution in [0, 0.1) is 0 Å². The van der Waals surface area contributed by atoms with Crippen LogP contribution in [0.3, 0.4) is 0 Å². The molecule has 0 aliphatic heterocycles. The summed E-state index contributed by atoms with van der Waals surface area (Å²) < 4.78 is 5.35. The number of alkyl carbamates (subject to hydrolysis) is 1. The maximum atomic E-state index is 12.1. The van der Waals surface area contributed by atoms with Crippen molar-refractivity contribution < 1.29 is 19.4 Å². The van der Waals surface area contributed by atoms with E-state index in [9.17, 15) is 9.59 Å². The van der Waals surface area contributed by atoms with E-state index in [2.05, 4.69) is 15.3 Å². The third-order valence-electron chi connectivity index (χ3n) is 4.45. The van der Waals surface area contributed by atoms with Crippen molar-refractivity contribution in [1.29, 1.82) is 0 Å². The van der Waals surface area contributed by atoms with E-state index in [1.807, 2.05) is 48.5 Å². The normalized spacial score (nSPS) is 13.0. The summed E-state index contributed by atoms with van der Waals surface area (Å²) in [7, 11) is 0. The van der Waals surface area contributed by atoms with E-state index in [1.54, 1.807) is 0 Å². The molecule has 3 rings (SSSR count). The van der Waals surface area contributed by atoms with E-state index in [4.69, 9.17) is 15.4 Å². The first-order chi connectivity index (χ1) is 13.1. The molecule has 0 aromatic heterocycles. The van der Waals surface area contributed by atoms with Crippen LogP contribution in [0.1, 0.15) is 23.5 Å². The summed E-state index contributed by atoms with van der Waals surface area (Å²) in [5, 5.41) is 14.7. The number of fused-ring (bicyclic) bond motifs is 3. The summed E-state index contributed by atoms with van der Waals surface area (Å²) in [4.78, 5) is 25.6. The lowest BCUT2D eigenvalue weighted by Crippen LogP contribution is -2.39. The molecule has 2 aromatic rings. The Balaban J connectivity index is 1.68. The molecule has 1 aliphatic carbocycles. The highest BCUT2D eigenvalue weighted by Gasteiger charge is 2.29. The number of carbonyl (C=O) groups excluding carboxylic acids is 1. The summed E-state index contributed by atoms with van der Waals surface area (Å²) in [5.74, 6) is -1.19. The minimum atomic E-state index is -1.10. The molecular weight excluding hydrogens is 348 g/mol. The number of hydrogen-bond donors (Lipinski definition) is 2. The number of carbonyl (C=O) groups is 2. The zero-order valence-electron chi connectivity index (χ0n) is 14.4. The van der Waals surface area contributed by atoms with Crippen molar-refractivity contribution in [2.75, 3.05) is 13.2 Å². The third-order valence-corrected chi connectivity index (χ3v) is 4.45. The Bertz CT molecular complexity index is 859. The van der Waals surface area contributed by atoms with Gasteiger partial charge in [-0.2, -0.15) is 0 Å². The average Bonchev–Trinajstić information content (AvgIpc) is 2.98. The standard InChI is InChI=1S/C19H18N4O4/c20-23-21-10-12(9-18(24)25)22-19(26)27-11-17-15-7-3-1-5-13(15)14-6-2-4-8-16(14)17/h1-8,12,17H,9-11H2,(H,22,26)(H,24,25)/t12-/m1/s1. The number of ether oxygens (including phenoxy) is 1. The fourth-order valence-corrected chi connectivity index (χ4v) is 3.31. The van der Waals surface area contributed by atoms with Crippen molar-refractivity contribution in [1.82, 2.24) is 5.32 Å². The number of carboxylic acid groups (broad SMARTS) is 1. The Kier molecular flexibility index (Phi) is 5.58. The highest BCUT2D eigenvalue weighted by molar-refractivity contribution is 5.79. The minimum Gasteiger partial charge on any atom is -0.481 e. The van der Waals surface area contributed by atoms with Crippen molar-refractivity contribution in [3.05, 3.63) is 70.1 Å². The molecular formula is C19H18N4O4. The molecule has 0 heterocycles. The Morgan fingerprint density at radius 1 is 1.15 bits per heavy atom. The first-order valence-electron chi connectivity index (χ1n) is 8.44. The summed E-state index contributed by atoms with van der Waals surface area (Å²) in [6.45, 7) is -0.0336.